The Kier molecular flexibility index (Phi) is 4.23. The van der Waals surface area contributed by atoms with Crippen molar-refractivity contribution in [3.05, 3.63) is 12.7 Å². The molecule has 4 rings (SSSR count). The zero-order chi connectivity index (χ0) is 18.4. The zero-order valence-corrected chi connectivity index (χ0v) is 13.9. The van der Waals surface area contributed by atoms with Gasteiger partial charge in [-0.15, -0.1) is 0 Å². The second-order valence-electron chi connectivity index (χ2n) is 6.75. The van der Waals surface area contributed by atoms with Gasteiger partial charge in [0, 0.05) is 6.04 Å². The van der Waals surface area contributed by atoms with Gasteiger partial charge < -0.3 is 31.7 Å². The summed E-state index contributed by atoms with van der Waals surface area (Å²) in [6.07, 6.45) is 0.593. The van der Waals surface area contributed by atoms with E-state index in [-0.39, 0.29) is 17.8 Å². The third-order valence-corrected chi connectivity index (χ3v) is 5.02. The van der Waals surface area contributed by atoms with Gasteiger partial charge in [0.05, 0.1) is 18.5 Å². The van der Waals surface area contributed by atoms with E-state index in [1.54, 1.807) is 0 Å². The Balaban J connectivity index is 1.52. The van der Waals surface area contributed by atoms with Crippen molar-refractivity contribution in [1.29, 1.82) is 0 Å². The number of imidazole rings is 1. The van der Waals surface area contributed by atoms with Crippen LogP contribution in [0.25, 0.3) is 11.2 Å². The number of carbonyl (C=O) groups is 1. The average molecular weight is 363 g/mol. The van der Waals surface area contributed by atoms with E-state index in [4.69, 9.17) is 16.2 Å². The van der Waals surface area contributed by atoms with Crippen molar-refractivity contribution < 1.29 is 19.7 Å². The number of aliphatic hydroxyl groups excluding tert-OH is 2. The number of amides is 1. The molecule has 26 heavy (non-hydrogen) atoms. The minimum atomic E-state index is -1.17. The van der Waals surface area contributed by atoms with Crippen LogP contribution < -0.4 is 16.8 Å². The Morgan fingerprint density at radius 2 is 2.08 bits per heavy atom. The maximum absolute atomic E-state index is 11.7. The Bertz CT molecular complexity index is 827. The summed E-state index contributed by atoms with van der Waals surface area (Å²) in [5, 5.41) is 23.7. The number of ether oxygens (including phenoxy) is 1. The molecule has 0 bridgehead atoms. The van der Waals surface area contributed by atoms with Gasteiger partial charge in [0.25, 0.3) is 0 Å². The number of carbonyl (C=O) groups excluding carboxylic acids is 1. The number of hydrogen-bond acceptors (Lipinski definition) is 9. The predicted molar refractivity (Wildman–Crippen MR) is 89.4 cm³/mol. The summed E-state index contributed by atoms with van der Waals surface area (Å²) in [7, 11) is 0. The normalized spacial score (nSPS) is 35.0. The van der Waals surface area contributed by atoms with Crippen molar-refractivity contribution in [2.24, 2.45) is 5.73 Å². The SMILES string of the molecule is Nc1ncnc2c1ncn2[C@@H]1O[C@H](C[C@@H]2CC[C@H](N)C(=O)N2)[C@@H](O)[C@H]1O. The fourth-order valence-electron chi connectivity index (χ4n) is 3.56. The maximum atomic E-state index is 11.7. The van der Waals surface area contributed by atoms with E-state index >= 15 is 0 Å². The maximum Gasteiger partial charge on any atom is 0.237 e. The molecule has 4 heterocycles. The monoisotopic (exact) mass is 363 g/mol. The van der Waals surface area contributed by atoms with Crippen molar-refractivity contribution in [2.45, 2.75) is 55.9 Å². The number of nitrogen functional groups attached to an aromatic ring is 1. The Hall–Kier alpha value is -2.34. The first-order valence-corrected chi connectivity index (χ1v) is 8.46. The van der Waals surface area contributed by atoms with Crippen molar-refractivity contribution in [1.82, 2.24) is 24.8 Å². The fraction of sp³-hybridized carbons (Fsp3) is 0.600. The Labute approximate surface area is 148 Å². The third-order valence-electron chi connectivity index (χ3n) is 5.02. The minimum absolute atomic E-state index is 0.162. The van der Waals surface area contributed by atoms with E-state index in [0.29, 0.717) is 30.4 Å². The lowest BCUT2D eigenvalue weighted by Crippen LogP contribution is -2.52. The molecule has 11 nitrogen and oxygen atoms in total. The molecule has 140 valence electrons. The van der Waals surface area contributed by atoms with Crippen molar-refractivity contribution in [3.63, 3.8) is 0 Å². The van der Waals surface area contributed by atoms with Crippen LogP contribution in [0, 0.1) is 0 Å². The third kappa shape index (κ3) is 2.78. The summed E-state index contributed by atoms with van der Waals surface area (Å²) in [5.41, 5.74) is 12.3. The van der Waals surface area contributed by atoms with Crippen molar-refractivity contribution in [2.75, 3.05) is 5.73 Å². The number of nitrogens with zero attached hydrogens (tertiary/aromatic N) is 4. The largest absolute Gasteiger partial charge is 0.388 e. The molecule has 2 aliphatic heterocycles. The molecule has 2 saturated heterocycles. The molecule has 2 aliphatic rings. The first-order chi connectivity index (χ1) is 12.5. The number of piperidine rings is 1. The van der Waals surface area contributed by atoms with E-state index in [2.05, 4.69) is 20.3 Å². The van der Waals surface area contributed by atoms with Gasteiger partial charge in [-0.1, -0.05) is 0 Å². The number of aliphatic hydroxyl groups is 2. The lowest BCUT2D eigenvalue weighted by Gasteiger charge is -2.29. The number of rotatable bonds is 3. The quantitative estimate of drug-likeness (QED) is 0.414. The van der Waals surface area contributed by atoms with Crippen LogP contribution in [0.1, 0.15) is 25.5 Å². The van der Waals surface area contributed by atoms with Gasteiger partial charge in [-0.25, -0.2) is 15.0 Å². The highest BCUT2D eigenvalue weighted by Gasteiger charge is 2.45. The van der Waals surface area contributed by atoms with Crippen LogP contribution in [0.2, 0.25) is 0 Å². The minimum Gasteiger partial charge on any atom is -0.388 e. The summed E-state index contributed by atoms with van der Waals surface area (Å²) >= 11 is 0. The van der Waals surface area contributed by atoms with Crippen LogP contribution in [-0.2, 0) is 9.53 Å². The molecule has 0 radical (unpaired) electrons. The Morgan fingerprint density at radius 3 is 2.85 bits per heavy atom. The van der Waals surface area contributed by atoms with Crippen molar-refractivity contribution in [3.8, 4) is 0 Å². The van der Waals surface area contributed by atoms with Crippen LogP contribution in [0.4, 0.5) is 5.82 Å². The Morgan fingerprint density at radius 1 is 1.27 bits per heavy atom. The summed E-state index contributed by atoms with van der Waals surface area (Å²) in [6, 6.07) is -0.660. The lowest BCUT2D eigenvalue weighted by molar-refractivity contribution is -0.125. The van der Waals surface area contributed by atoms with Crippen LogP contribution in [-0.4, -0.2) is 66.0 Å². The molecule has 6 atom stereocenters. The van der Waals surface area contributed by atoms with Gasteiger partial charge in [0.1, 0.15) is 24.1 Å². The molecule has 0 saturated carbocycles. The molecule has 1 amide bonds. The van der Waals surface area contributed by atoms with Crippen LogP contribution in [0.5, 0.6) is 0 Å². The first kappa shape index (κ1) is 17.1. The van der Waals surface area contributed by atoms with Gasteiger partial charge in [-0.05, 0) is 19.3 Å². The molecule has 0 spiro atoms. The first-order valence-electron chi connectivity index (χ1n) is 8.46. The van der Waals surface area contributed by atoms with Gasteiger partial charge in [0.2, 0.25) is 5.91 Å². The highest BCUT2D eigenvalue weighted by Crippen LogP contribution is 2.34. The fourth-order valence-corrected chi connectivity index (χ4v) is 3.56. The van der Waals surface area contributed by atoms with Crippen LogP contribution >= 0.6 is 0 Å². The molecule has 7 N–H and O–H groups in total. The number of aromatic nitrogens is 4. The molecular formula is C15H21N7O4. The van der Waals surface area contributed by atoms with E-state index in [9.17, 15) is 15.0 Å². The van der Waals surface area contributed by atoms with E-state index in [1.165, 1.54) is 17.2 Å². The van der Waals surface area contributed by atoms with Crippen LogP contribution in [0.3, 0.4) is 0 Å². The number of hydrogen-bond donors (Lipinski definition) is 5. The molecule has 11 heteroatoms. The summed E-state index contributed by atoms with van der Waals surface area (Å²) in [6.45, 7) is 0. The zero-order valence-electron chi connectivity index (χ0n) is 13.9. The molecule has 2 fully saturated rings. The van der Waals surface area contributed by atoms with Crippen LogP contribution in [0.15, 0.2) is 12.7 Å². The molecule has 0 unspecified atom stereocenters. The predicted octanol–water partition coefficient (Wildman–Crippen LogP) is -1.98. The topological polar surface area (TPSA) is 174 Å². The lowest BCUT2D eigenvalue weighted by atomic mass is 9.94. The van der Waals surface area contributed by atoms with Gasteiger partial charge >= 0.3 is 0 Å². The standard InChI is InChI=1S/C15H21N7O4/c16-7-2-1-6(21-14(7)25)3-8-10(23)11(24)15(26-8)22-5-20-9-12(17)18-4-19-13(9)22/h4-8,10-11,15,23-24H,1-3,16H2,(H,21,25)(H2,17,18,19)/t6-,7-,8+,10+,11+,15+/m0/s1. The second-order valence-corrected chi connectivity index (χ2v) is 6.75. The number of nitrogens with one attached hydrogen (secondary N) is 1. The van der Waals surface area contributed by atoms with E-state index in [1.807, 2.05) is 0 Å². The molecular weight excluding hydrogens is 342 g/mol. The summed E-state index contributed by atoms with van der Waals surface area (Å²) in [4.78, 5) is 23.9. The number of nitrogens with two attached hydrogens (primary N) is 2. The molecule has 2 aromatic rings. The van der Waals surface area contributed by atoms with Crippen molar-refractivity contribution >= 4 is 22.9 Å². The smallest absolute Gasteiger partial charge is 0.237 e. The average Bonchev–Trinajstić information content (AvgIpc) is 3.16. The van der Waals surface area contributed by atoms with Gasteiger partial charge in [0.15, 0.2) is 17.7 Å². The molecule has 2 aromatic heterocycles. The van der Waals surface area contributed by atoms with E-state index in [0.717, 1.165) is 0 Å². The second kappa shape index (κ2) is 6.43. The summed E-state index contributed by atoms with van der Waals surface area (Å²) < 4.78 is 7.41. The van der Waals surface area contributed by atoms with Gasteiger partial charge in [-0.3, -0.25) is 9.36 Å². The highest BCUT2D eigenvalue weighted by molar-refractivity contribution is 5.82. The van der Waals surface area contributed by atoms with Gasteiger partial charge in [-0.2, -0.15) is 0 Å². The molecule has 0 aromatic carbocycles. The molecule has 0 aliphatic carbocycles. The number of fused-ring (bicyclic) bond motifs is 1. The van der Waals surface area contributed by atoms with E-state index < -0.39 is 30.6 Å². The highest BCUT2D eigenvalue weighted by atomic mass is 16.6. The summed E-state index contributed by atoms with van der Waals surface area (Å²) in [5.74, 6) is 0.0122. The number of anilines is 1.